The van der Waals surface area contributed by atoms with Gasteiger partial charge in [-0.25, -0.2) is 4.68 Å². The molecule has 2 rings (SSSR count). The standard InChI is InChI=1S/C13H24N6OS/c1-2-7-14-8-9-19-13(16-17-18-19)21-10-12(20)15-11-5-3-4-6-11/h11,14H,2-10H2,1H3,(H,15,20). The van der Waals surface area contributed by atoms with E-state index in [-0.39, 0.29) is 5.91 Å². The van der Waals surface area contributed by atoms with Gasteiger partial charge in [0.2, 0.25) is 11.1 Å². The second-order valence-electron chi connectivity index (χ2n) is 5.27. The summed E-state index contributed by atoms with van der Waals surface area (Å²) in [4.78, 5) is 11.9. The average Bonchev–Trinajstić information content (AvgIpc) is 3.13. The number of amides is 1. The van der Waals surface area contributed by atoms with Crippen LogP contribution in [0.1, 0.15) is 39.0 Å². The predicted molar refractivity (Wildman–Crippen MR) is 82.1 cm³/mol. The molecule has 1 aromatic heterocycles. The predicted octanol–water partition coefficient (Wildman–Crippen LogP) is 0.824. The zero-order valence-electron chi connectivity index (χ0n) is 12.5. The van der Waals surface area contributed by atoms with E-state index < -0.39 is 0 Å². The fraction of sp³-hybridized carbons (Fsp3) is 0.846. The van der Waals surface area contributed by atoms with Crippen LogP contribution in [-0.4, -0.2) is 51.0 Å². The molecule has 0 bridgehead atoms. The summed E-state index contributed by atoms with van der Waals surface area (Å²) in [5.41, 5.74) is 0. The third-order valence-corrected chi connectivity index (χ3v) is 4.44. The molecule has 0 atom stereocenters. The molecule has 1 aliphatic rings. The van der Waals surface area contributed by atoms with Crippen LogP contribution in [0.2, 0.25) is 0 Å². The molecule has 7 nitrogen and oxygen atoms in total. The van der Waals surface area contributed by atoms with Crippen molar-refractivity contribution in [2.75, 3.05) is 18.8 Å². The first-order valence-corrected chi connectivity index (χ1v) is 8.67. The average molecular weight is 312 g/mol. The molecule has 0 saturated heterocycles. The number of rotatable bonds is 9. The van der Waals surface area contributed by atoms with Crippen molar-refractivity contribution in [3.05, 3.63) is 0 Å². The van der Waals surface area contributed by atoms with Gasteiger partial charge < -0.3 is 10.6 Å². The molecule has 1 saturated carbocycles. The second kappa shape index (κ2) is 8.99. The van der Waals surface area contributed by atoms with Gasteiger partial charge in [-0.1, -0.05) is 31.5 Å². The topological polar surface area (TPSA) is 84.7 Å². The summed E-state index contributed by atoms with van der Waals surface area (Å²) in [6, 6.07) is 0.368. The van der Waals surface area contributed by atoms with Gasteiger partial charge in [0.1, 0.15) is 0 Å². The summed E-state index contributed by atoms with van der Waals surface area (Å²) in [5.74, 6) is 0.449. The van der Waals surface area contributed by atoms with Crippen LogP contribution >= 0.6 is 11.8 Å². The van der Waals surface area contributed by atoms with Crippen LogP contribution in [-0.2, 0) is 11.3 Å². The Labute approximate surface area is 129 Å². The van der Waals surface area contributed by atoms with E-state index in [1.165, 1.54) is 24.6 Å². The summed E-state index contributed by atoms with van der Waals surface area (Å²) in [5, 5.41) is 18.7. The third-order valence-electron chi connectivity index (χ3n) is 3.48. The van der Waals surface area contributed by atoms with E-state index in [1.807, 2.05) is 0 Å². The van der Waals surface area contributed by atoms with E-state index in [9.17, 15) is 4.79 Å². The number of tetrazole rings is 1. The first kappa shape index (κ1) is 16.2. The minimum Gasteiger partial charge on any atom is -0.353 e. The lowest BCUT2D eigenvalue weighted by atomic mass is 10.2. The fourth-order valence-electron chi connectivity index (χ4n) is 2.40. The van der Waals surface area contributed by atoms with Crippen molar-refractivity contribution in [2.45, 2.75) is 56.8 Å². The molecule has 0 radical (unpaired) electrons. The van der Waals surface area contributed by atoms with Gasteiger partial charge in [-0.2, -0.15) is 0 Å². The quantitative estimate of drug-likeness (QED) is 0.519. The third kappa shape index (κ3) is 5.62. The molecule has 118 valence electrons. The van der Waals surface area contributed by atoms with Gasteiger partial charge >= 0.3 is 0 Å². The van der Waals surface area contributed by atoms with Crippen molar-refractivity contribution < 1.29 is 4.79 Å². The maximum Gasteiger partial charge on any atom is 0.230 e. The largest absolute Gasteiger partial charge is 0.353 e. The van der Waals surface area contributed by atoms with Crippen LogP contribution in [0.15, 0.2) is 5.16 Å². The van der Waals surface area contributed by atoms with Crippen molar-refractivity contribution in [1.29, 1.82) is 0 Å². The lowest BCUT2D eigenvalue weighted by molar-refractivity contribution is -0.119. The minimum absolute atomic E-state index is 0.0746. The number of nitrogens with one attached hydrogen (secondary N) is 2. The summed E-state index contributed by atoms with van der Waals surface area (Å²) in [6.07, 6.45) is 5.77. The molecule has 1 aromatic rings. The Hall–Kier alpha value is -1.15. The smallest absolute Gasteiger partial charge is 0.230 e. The molecule has 0 aliphatic heterocycles. The van der Waals surface area contributed by atoms with E-state index in [1.54, 1.807) is 4.68 Å². The lowest BCUT2D eigenvalue weighted by Crippen LogP contribution is -2.33. The van der Waals surface area contributed by atoms with Gasteiger partial charge in [0, 0.05) is 12.6 Å². The SMILES string of the molecule is CCCNCCn1nnnc1SCC(=O)NC1CCCC1. The minimum atomic E-state index is 0.0746. The van der Waals surface area contributed by atoms with Crippen molar-refractivity contribution in [3.63, 3.8) is 0 Å². The molecule has 0 aromatic carbocycles. The van der Waals surface area contributed by atoms with E-state index in [0.717, 1.165) is 38.9 Å². The first-order chi connectivity index (χ1) is 10.3. The van der Waals surface area contributed by atoms with Crippen LogP contribution in [0, 0.1) is 0 Å². The molecule has 2 N–H and O–H groups in total. The molecule has 1 heterocycles. The number of carbonyl (C=O) groups is 1. The van der Waals surface area contributed by atoms with E-state index in [2.05, 4.69) is 33.1 Å². The summed E-state index contributed by atoms with van der Waals surface area (Å²) in [6.45, 7) is 4.68. The van der Waals surface area contributed by atoms with Gasteiger partial charge in [0.25, 0.3) is 0 Å². The number of nitrogens with zero attached hydrogens (tertiary/aromatic N) is 4. The van der Waals surface area contributed by atoms with E-state index in [4.69, 9.17) is 0 Å². The normalized spacial score (nSPS) is 15.5. The summed E-state index contributed by atoms with van der Waals surface area (Å²) < 4.78 is 1.75. The molecular formula is C13H24N6OS. The molecule has 1 fully saturated rings. The van der Waals surface area contributed by atoms with Crippen molar-refractivity contribution in [1.82, 2.24) is 30.8 Å². The summed E-state index contributed by atoms with van der Waals surface area (Å²) >= 11 is 1.40. The number of hydrogen-bond acceptors (Lipinski definition) is 6. The zero-order chi connectivity index (χ0) is 14.9. The highest BCUT2D eigenvalue weighted by molar-refractivity contribution is 7.99. The first-order valence-electron chi connectivity index (χ1n) is 7.68. The molecule has 8 heteroatoms. The Kier molecular flexibility index (Phi) is 6.94. The van der Waals surface area contributed by atoms with Gasteiger partial charge in [-0.3, -0.25) is 4.79 Å². The molecule has 21 heavy (non-hydrogen) atoms. The van der Waals surface area contributed by atoms with Crippen LogP contribution in [0.3, 0.4) is 0 Å². The highest BCUT2D eigenvalue weighted by atomic mass is 32.2. The zero-order valence-corrected chi connectivity index (χ0v) is 13.4. The fourth-order valence-corrected chi connectivity index (χ4v) is 3.11. The Morgan fingerprint density at radius 1 is 1.38 bits per heavy atom. The molecule has 1 aliphatic carbocycles. The molecule has 0 spiro atoms. The van der Waals surface area contributed by atoms with Gasteiger partial charge in [0.15, 0.2) is 0 Å². The van der Waals surface area contributed by atoms with Crippen molar-refractivity contribution in [3.8, 4) is 0 Å². The Morgan fingerprint density at radius 2 is 2.19 bits per heavy atom. The van der Waals surface area contributed by atoms with E-state index >= 15 is 0 Å². The van der Waals surface area contributed by atoms with Crippen LogP contribution in [0.5, 0.6) is 0 Å². The van der Waals surface area contributed by atoms with Gasteiger partial charge in [0.05, 0.1) is 12.3 Å². The van der Waals surface area contributed by atoms with Crippen LogP contribution < -0.4 is 10.6 Å². The number of carbonyl (C=O) groups excluding carboxylic acids is 1. The van der Waals surface area contributed by atoms with Crippen molar-refractivity contribution in [2.24, 2.45) is 0 Å². The second-order valence-corrected chi connectivity index (χ2v) is 6.21. The Morgan fingerprint density at radius 3 is 2.95 bits per heavy atom. The van der Waals surface area contributed by atoms with Crippen LogP contribution in [0.4, 0.5) is 0 Å². The molecule has 0 unspecified atom stereocenters. The molecular weight excluding hydrogens is 288 g/mol. The van der Waals surface area contributed by atoms with E-state index in [0.29, 0.717) is 17.0 Å². The van der Waals surface area contributed by atoms with Gasteiger partial charge in [-0.05, 0) is 36.2 Å². The Bertz CT molecular complexity index is 432. The lowest BCUT2D eigenvalue weighted by Gasteiger charge is -2.11. The van der Waals surface area contributed by atoms with Crippen LogP contribution in [0.25, 0.3) is 0 Å². The summed E-state index contributed by atoms with van der Waals surface area (Å²) in [7, 11) is 0. The monoisotopic (exact) mass is 312 g/mol. The maximum atomic E-state index is 11.9. The number of hydrogen-bond donors (Lipinski definition) is 2. The highest BCUT2D eigenvalue weighted by Gasteiger charge is 2.17. The molecule has 1 amide bonds. The maximum absolute atomic E-state index is 11.9. The van der Waals surface area contributed by atoms with Gasteiger partial charge in [-0.15, -0.1) is 5.10 Å². The Balaban J connectivity index is 1.69. The number of aromatic nitrogens is 4. The number of thioether (sulfide) groups is 1. The van der Waals surface area contributed by atoms with Crippen molar-refractivity contribution >= 4 is 17.7 Å². The highest BCUT2D eigenvalue weighted by Crippen LogP contribution is 2.18.